The average Bonchev–Trinajstić information content (AvgIpc) is 3.79. The van der Waals surface area contributed by atoms with Gasteiger partial charge in [-0.2, -0.15) is 0 Å². The molecular formula is C53H35N3. The number of hydrogen-bond acceptors (Lipinski definition) is 1. The van der Waals surface area contributed by atoms with Crippen molar-refractivity contribution < 1.29 is 0 Å². The molecule has 3 heterocycles. The zero-order valence-corrected chi connectivity index (χ0v) is 30.5. The minimum atomic E-state index is 0.947. The van der Waals surface area contributed by atoms with Gasteiger partial charge in [-0.05, 0) is 107 Å². The van der Waals surface area contributed by atoms with E-state index in [2.05, 4.69) is 221 Å². The molecule has 262 valence electrons. The van der Waals surface area contributed by atoms with E-state index in [9.17, 15) is 0 Å². The number of hydrogen-bond donors (Lipinski definition) is 0. The van der Waals surface area contributed by atoms with E-state index in [1.165, 1.54) is 65.9 Å². The van der Waals surface area contributed by atoms with Crippen LogP contribution in [0.3, 0.4) is 0 Å². The summed E-state index contributed by atoms with van der Waals surface area (Å²) in [5.41, 5.74) is 15.9. The van der Waals surface area contributed by atoms with Crippen LogP contribution in [0.1, 0.15) is 0 Å². The van der Waals surface area contributed by atoms with Crippen molar-refractivity contribution in [2.75, 3.05) is 0 Å². The summed E-state index contributed by atoms with van der Waals surface area (Å²) in [7, 11) is 0. The smallest absolute Gasteiger partial charge is 0.0709 e. The van der Waals surface area contributed by atoms with Crippen LogP contribution < -0.4 is 0 Å². The lowest BCUT2D eigenvalue weighted by Gasteiger charge is -2.09. The molecule has 11 rings (SSSR count). The Kier molecular flexibility index (Phi) is 7.49. The van der Waals surface area contributed by atoms with Crippen LogP contribution in [-0.2, 0) is 0 Å². The molecule has 56 heavy (non-hydrogen) atoms. The SMILES string of the molecule is c1ccc(-c2ccc3c(c2)c2cc(-c4cccc(-c5ccc6c(c5)c5cc(-c7ccccc7)ccc5n6-c5ccccc5)n4)ccc2n3-c2ccccc2)cc1. The molecule has 0 radical (unpaired) electrons. The Bertz CT molecular complexity index is 3000. The molecule has 0 N–H and O–H groups in total. The Morgan fingerprint density at radius 3 is 0.946 bits per heavy atom. The van der Waals surface area contributed by atoms with E-state index in [1.54, 1.807) is 0 Å². The van der Waals surface area contributed by atoms with Gasteiger partial charge in [0, 0.05) is 44.0 Å². The first kappa shape index (κ1) is 32.0. The van der Waals surface area contributed by atoms with Gasteiger partial charge in [-0.15, -0.1) is 0 Å². The minimum absolute atomic E-state index is 0.947. The predicted octanol–water partition coefficient (Wildman–Crippen LogP) is 13.9. The normalized spacial score (nSPS) is 11.6. The molecule has 0 bridgehead atoms. The monoisotopic (exact) mass is 713 g/mol. The number of fused-ring (bicyclic) bond motifs is 6. The van der Waals surface area contributed by atoms with E-state index in [0.29, 0.717) is 0 Å². The van der Waals surface area contributed by atoms with Gasteiger partial charge in [0.15, 0.2) is 0 Å². The van der Waals surface area contributed by atoms with Gasteiger partial charge in [-0.1, -0.05) is 127 Å². The zero-order valence-electron chi connectivity index (χ0n) is 30.5. The third kappa shape index (κ3) is 5.32. The first-order chi connectivity index (χ1) is 27.8. The van der Waals surface area contributed by atoms with Crippen LogP contribution in [0, 0.1) is 0 Å². The van der Waals surface area contributed by atoms with Crippen LogP contribution in [0.5, 0.6) is 0 Å². The fourth-order valence-electron chi connectivity index (χ4n) is 8.45. The Labute approximate surface area is 325 Å². The number of nitrogens with zero attached hydrogens (tertiary/aromatic N) is 3. The topological polar surface area (TPSA) is 22.8 Å². The van der Waals surface area contributed by atoms with Gasteiger partial charge in [0.25, 0.3) is 0 Å². The van der Waals surface area contributed by atoms with Crippen LogP contribution >= 0.6 is 0 Å². The quantitative estimate of drug-likeness (QED) is 0.168. The molecule has 3 heteroatoms. The van der Waals surface area contributed by atoms with Crippen molar-refractivity contribution in [3.05, 3.63) is 212 Å². The van der Waals surface area contributed by atoms with E-state index >= 15 is 0 Å². The molecule has 0 spiro atoms. The van der Waals surface area contributed by atoms with Gasteiger partial charge < -0.3 is 9.13 Å². The molecule has 0 unspecified atom stereocenters. The second kappa shape index (κ2) is 13.1. The third-order valence-corrected chi connectivity index (χ3v) is 11.1. The molecule has 0 fully saturated rings. The van der Waals surface area contributed by atoms with E-state index in [4.69, 9.17) is 4.98 Å². The van der Waals surface area contributed by atoms with Crippen molar-refractivity contribution in [1.82, 2.24) is 14.1 Å². The summed E-state index contributed by atoms with van der Waals surface area (Å²) in [4.78, 5) is 5.33. The zero-order chi connectivity index (χ0) is 37.0. The molecule has 0 atom stereocenters. The Hall–Kier alpha value is -7.49. The third-order valence-electron chi connectivity index (χ3n) is 11.1. The number of benzene rings is 8. The highest BCUT2D eigenvalue weighted by molar-refractivity contribution is 6.13. The number of rotatable bonds is 6. The van der Waals surface area contributed by atoms with E-state index in [-0.39, 0.29) is 0 Å². The summed E-state index contributed by atoms with van der Waals surface area (Å²) in [5.74, 6) is 0. The standard InChI is InChI=1S/C53H35N3/c1-5-14-36(15-6-1)38-24-28-50-44(32-38)46-34-40(26-30-52(46)55(50)42-18-9-3-10-19-42)48-22-13-23-49(54-48)41-27-31-53-47(35-41)45-33-39(37-16-7-2-8-17-37)25-29-51(45)56(53)43-20-11-4-12-21-43/h1-35H. The van der Waals surface area contributed by atoms with Gasteiger partial charge in [0.1, 0.15) is 0 Å². The van der Waals surface area contributed by atoms with E-state index in [0.717, 1.165) is 33.9 Å². The highest BCUT2D eigenvalue weighted by atomic mass is 15.0. The van der Waals surface area contributed by atoms with Crippen molar-refractivity contribution in [3.8, 4) is 56.1 Å². The molecule has 0 amide bonds. The van der Waals surface area contributed by atoms with Crippen LogP contribution in [0.25, 0.3) is 99.8 Å². The lowest BCUT2D eigenvalue weighted by atomic mass is 10.0. The Balaban J connectivity index is 1.06. The van der Waals surface area contributed by atoms with Gasteiger partial charge in [0.05, 0.1) is 33.5 Å². The van der Waals surface area contributed by atoms with Crippen molar-refractivity contribution in [3.63, 3.8) is 0 Å². The largest absolute Gasteiger partial charge is 0.309 e. The number of pyridine rings is 1. The maximum Gasteiger partial charge on any atom is 0.0709 e. The average molecular weight is 714 g/mol. The molecule has 0 saturated carbocycles. The maximum absolute atomic E-state index is 5.33. The maximum atomic E-state index is 5.33. The fraction of sp³-hybridized carbons (Fsp3) is 0. The van der Waals surface area contributed by atoms with Crippen molar-refractivity contribution >= 4 is 43.6 Å². The van der Waals surface area contributed by atoms with Crippen molar-refractivity contribution in [2.24, 2.45) is 0 Å². The van der Waals surface area contributed by atoms with Crippen LogP contribution in [0.15, 0.2) is 212 Å². The Morgan fingerprint density at radius 1 is 0.250 bits per heavy atom. The van der Waals surface area contributed by atoms with Gasteiger partial charge in [0.2, 0.25) is 0 Å². The molecule has 11 aromatic rings. The molecule has 3 nitrogen and oxygen atoms in total. The molecule has 0 aliphatic heterocycles. The second-order valence-corrected chi connectivity index (χ2v) is 14.4. The van der Waals surface area contributed by atoms with Gasteiger partial charge in [-0.3, -0.25) is 0 Å². The highest BCUT2D eigenvalue weighted by Crippen LogP contribution is 2.39. The molecular weight excluding hydrogens is 679 g/mol. The molecule has 8 aromatic carbocycles. The first-order valence-electron chi connectivity index (χ1n) is 19.1. The molecule has 3 aromatic heterocycles. The first-order valence-corrected chi connectivity index (χ1v) is 19.1. The summed E-state index contributed by atoms with van der Waals surface area (Å²) in [6.07, 6.45) is 0. The van der Waals surface area contributed by atoms with Gasteiger partial charge >= 0.3 is 0 Å². The fourth-order valence-corrected chi connectivity index (χ4v) is 8.45. The second-order valence-electron chi connectivity index (χ2n) is 14.4. The summed E-state index contributed by atoms with van der Waals surface area (Å²) in [5, 5.41) is 4.85. The van der Waals surface area contributed by atoms with Crippen molar-refractivity contribution in [2.45, 2.75) is 0 Å². The lowest BCUT2D eigenvalue weighted by Crippen LogP contribution is -1.93. The van der Waals surface area contributed by atoms with Crippen molar-refractivity contribution in [1.29, 1.82) is 0 Å². The van der Waals surface area contributed by atoms with Crippen LogP contribution in [-0.4, -0.2) is 14.1 Å². The molecule has 0 saturated heterocycles. The van der Waals surface area contributed by atoms with Crippen LogP contribution in [0.4, 0.5) is 0 Å². The van der Waals surface area contributed by atoms with Crippen LogP contribution in [0.2, 0.25) is 0 Å². The molecule has 0 aliphatic carbocycles. The number of aromatic nitrogens is 3. The highest BCUT2D eigenvalue weighted by Gasteiger charge is 2.17. The predicted molar refractivity (Wildman–Crippen MR) is 235 cm³/mol. The van der Waals surface area contributed by atoms with E-state index < -0.39 is 0 Å². The lowest BCUT2D eigenvalue weighted by molar-refractivity contribution is 1.18. The summed E-state index contributed by atoms with van der Waals surface area (Å²) < 4.78 is 4.74. The summed E-state index contributed by atoms with van der Waals surface area (Å²) in [6.45, 7) is 0. The minimum Gasteiger partial charge on any atom is -0.309 e. The van der Waals surface area contributed by atoms with Gasteiger partial charge in [-0.25, -0.2) is 4.98 Å². The number of para-hydroxylation sites is 2. The Morgan fingerprint density at radius 2 is 0.571 bits per heavy atom. The summed E-state index contributed by atoms with van der Waals surface area (Å²) in [6, 6.07) is 76.2. The molecule has 0 aliphatic rings. The summed E-state index contributed by atoms with van der Waals surface area (Å²) >= 11 is 0. The van der Waals surface area contributed by atoms with E-state index in [1.807, 2.05) is 0 Å².